The molecular weight excluding hydrogens is 266 g/mol. The van der Waals surface area contributed by atoms with E-state index < -0.39 is 40.3 Å². The second kappa shape index (κ2) is 4.80. The molecule has 7 nitrogen and oxygen atoms in total. The van der Waals surface area contributed by atoms with E-state index in [-0.39, 0.29) is 6.61 Å². The van der Waals surface area contributed by atoms with E-state index in [1.165, 1.54) is 0 Å². The van der Waals surface area contributed by atoms with Gasteiger partial charge in [0.25, 0.3) is 0 Å². The van der Waals surface area contributed by atoms with Crippen LogP contribution >= 0.6 is 0 Å². The summed E-state index contributed by atoms with van der Waals surface area (Å²) < 4.78 is 69.3. The Morgan fingerprint density at radius 3 is 2.59 bits per heavy atom. The highest BCUT2D eigenvalue weighted by atomic mass is 32.2. The second-order valence-electron chi connectivity index (χ2n) is 3.23. The molecule has 0 aromatic carbocycles. The molecule has 0 saturated carbocycles. The average Bonchev–Trinajstić information content (AvgIpc) is 2.58. The van der Waals surface area contributed by atoms with Gasteiger partial charge in [0.05, 0.1) is 6.61 Å². The van der Waals surface area contributed by atoms with Gasteiger partial charge in [-0.15, -0.1) is 0 Å². The van der Waals surface area contributed by atoms with Crippen LogP contribution in [0.3, 0.4) is 0 Å². The summed E-state index contributed by atoms with van der Waals surface area (Å²) in [5, 5.41) is -5.10. The third-order valence-electron chi connectivity index (χ3n) is 1.85. The lowest BCUT2D eigenvalue weighted by Gasteiger charge is -2.18. The Morgan fingerprint density at radius 2 is 2.18 bits per heavy atom. The molecule has 1 heterocycles. The number of hydrogen-bond acceptors (Lipinski definition) is 7. The SMILES string of the molecule is CC1OCC(COC(=O)C(F)(F)S(=O)(=O)[O-])O1. The van der Waals surface area contributed by atoms with Crippen molar-refractivity contribution in [3.8, 4) is 0 Å². The zero-order valence-electron chi connectivity index (χ0n) is 8.59. The smallest absolute Gasteiger partial charge is 0.428 e. The fraction of sp³-hybridized carbons (Fsp3) is 0.857. The summed E-state index contributed by atoms with van der Waals surface area (Å²) in [6.07, 6.45) is -1.33. The minimum Gasteiger partial charge on any atom is -0.743 e. The standard InChI is InChI=1S/C7H10F2O7S/c1-4-14-2-5(16-4)3-15-6(10)7(8,9)17(11,12)13/h4-5H,2-3H2,1H3,(H,11,12,13)/p-1. The molecule has 1 saturated heterocycles. The minimum atomic E-state index is -6.09. The summed E-state index contributed by atoms with van der Waals surface area (Å²) in [6.45, 7) is 0.941. The lowest BCUT2D eigenvalue weighted by atomic mass is 10.4. The number of hydrogen-bond donors (Lipinski definition) is 0. The molecule has 2 atom stereocenters. The van der Waals surface area contributed by atoms with Crippen LogP contribution < -0.4 is 0 Å². The summed E-state index contributed by atoms with van der Waals surface area (Å²) in [6, 6.07) is 0. The van der Waals surface area contributed by atoms with Gasteiger partial charge in [-0.2, -0.15) is 8.78 Å². The van der Waals surface area contributed by atoms with Gasteiger partial charge >= 0.3 is 11.2 Å². The third-order valence-corrected chi connectivity index (χ3v) is 2.65. The number of carbonyl (C=O) groups is 1. The fourth-order valence-corrected chi connectivity index (χ4v) is 1.30. The Kier molecular flexibility index (Phi) is 4.02. The molecule has 0 radical (unpaired) electrons. The van der Waals surface area contributed by atoms with Crippen LogP contribution in [0.4, 0.5) is 8.78 Å². The molecule has 0 aromatic rings. The molecular formula is C7H9F2O7S-. The number of halogens is 2. The van der Waals surface area contributed by atoms with Crippen molar-refractivity contribution in [2.24, 2.45) is 0 Å². The molecule has 0 aliphatic carbocycles. The van der Waals surface area contributed by atoms with Crippen molar-refractivity contribution in [1.29, 1.82) is 0 Å². The van der Waals surface area contributed by atoms with Gasteiger partial charge in [0.2, 0.25) is 0 Å². The van der Waals surface area contributed by atoms with Crippen molar-refractivity contribution in [1.82, 2.24) is 0 Å². The van der Waals surface area contributed by atoms with E-state index in [4.69, 9.17) is 9.47 Å². The molecule has 2 unspecified atom stereocenters. The van der Waals surface area contributed by atoms with Crippen molar-refractivity contribution >= 4 is 16.1 Å². The van der Waals surface area contributed by atoms with Crippen molar-refractivity contribution in [2.75, 3.05) is 13.2 Å². The Hall–Kier alpha value is -0.840. The molecule has 0 aromatic heterocycles. The summed E-state index contributed by atoms with van der Waals surface area (Å²) in [5.74, 6) is -2.42. The Labute approximate surface area is 95.4 Å². The highest BCUT2D eigenvalue weighted by molar-refractivity contribution is 7.87. The molecule has 0 N–H and O–H groups in total. The van der Waals surface area contributed by atoms with Gasteiger partial charge in [-0.1, -0.05) is 0 Å². The largest absolute Gasteiger partial charge is 0.743 e. The van der Waals surface area contributed by atoms with Crippen LogP contribution in [0.1, 0.15) is 6.92 Å². The zero-order valence-corrected chi connectivity index (χ0v) is 9.41. The van der Waals surface area contributed by atoms with E-state index in [1.807, 2.05) is 0 Å². The molecule has 1 aliphatic rings. The topological polar surface area (TPSA) is 102 Å². The fourth-order valence-electron chi connectivity index (χ4n) is 1.03. The normalized spacial score (nSPS) is 25.9. The summed E-state index contributed by atoms with van der Waals surface area (Å²) >= 11 is 0. The maximum absolute atomic E-state index is 12.6. The highest BCUT2D eigenvalue weighted by Gasteiger charge is 2.48. The molecule has 100 valence electrons. The van der Waals surface area contributed by atoms with E-state index in [1.54, 1.807) is 6.92 Å². The molecule has 17 heavy (non-hydrogen) atoms. The summed E-state index contributed by atoms with van der Waals surface area (Å²) in [5.41, 5.74) is 0. The first kappa shape index (κ1) is 14.2. The lowest BCUT2D eigenvalue weighted by molar-refractivity contribution is -0.165. The van der Waals surface area contributed by atoms with E-state index in [9.17, 15) is 26.5 Å². The third kappa shape index (κ3) is 3.31. The maximum Gasteiger partial charge on any atom is 0.428 e. The molecule has 0 bridgehead atoms. The number of alkyl halides is 2. The molecule has 1 rings (SSSR count). The van der Waals surface area contributed by atoms with Gasteiger partial charge in [-0.25, -0.2) is 13.2 Å². The van der Waals surface area contributed by atoms with E-state index in [0.29, 0.717) is 0 Å². The van der Waals surface area contributed by atoms with Crippen LogP contribution in [-0.2, 0) is 29.1 Å². The Balaban J connectivity index is 2.50. The van der Waals surface area contributed by atoms with Crippen LogP contribution in [0.15, 0.2) is 0 Å². The second-order valence-corrected chi connectivity index (χ2v) is 4.65. The molecule has 1 fully saturated rings. The minimum absolute atomic E-state index is 0.0180. The summed E-state index contributed by atoms with van der Waals surface area (Å²) in [7, 11) is -6.09. The first-order valence-electron chi connectivity index (χ1n) is 4.42. The lowest BCUT2D eigenvalue weighted by Crippen LogP contribution is -2.40. The summed E-state index contributed by atoms with van der Waals surface area (Å²) in [4.78, 5) is 10.7. The van der Waals surface area contributed by atoms with Crippen molar-refractivity contribution in [2.45, 2.75) is 24.6 Å². The van der Waals surface area contributed by atoms with Crippen molar-refractivity contribution in [3.63, 3.8) is 0 Å². The van der Waals surface area contributed by atoms with Gasteiger partial charge < -0.3 is 18.8 Å². The quantitative estimate of drug-likeness (QED) is 0.500. The molecule has 0 amide bonds. The number of rotatable bonds is 4. The zero-order chi connectivity index (χ0) is 13.3. The Bertz CT molecular complexity index is 393. The van der Waals surface area contributed by atoms with Crippen LogP contribution in [-0.4, -0.2) is 49.8 Å². The molecule has 10 heteroatoms. The van der Waals surface area contributed by atoms with E-state index in [0.717, 1.165) is 0 Å². The first-order chi connectivity index (χ1) is 7.64. The van der Waals surface area contributed by atoms with Crippen LogP contribution in [0, 0.1) is 0 Å². The van der Waals surface area contributed by atoms with Gasteiger partial charge in [0.15, 0.2) is 16.4 Å². The van der Waals surface area contributed by atoms with Gasteiger partial charge in [0.1, 0.15) is 12.7 Å². The number of ether oxygens (including phenoxy) is 3. The molecule has 1 aliphatic heterocycles. The van der Waals surface area contributed by atoms with Crippen molar-refractivity contribution < 1.29 is 40.8 Å². The first-order valence-corrected chi connectivity index (χ1v) is 5.83. The van der Waals surface area contributed by atoms with Crippen LogP contribution in [0.2, 0.25) is 0 Å². The Morgan fingerprint density at radius 1 is 1.59 bits per heavy atom. The number of esters is 1. The van der Waals surface area contributed by atoms with E-state index in [2.05, 4.69) is 4.74 Å². The van der Waals surface area contributed by atoms with Crippen molar-refractivity contribution in [3.05, 3.63) is 0 Å². The van der Waals surface area contributed by atoms with E-state index >= 15 is 0 Å². The van der Waals surface area contributed by atoms with Gasteiger partial charge in [0, 0.05) is 0 Å². The monoisotopic (exact) mass is 275 g/mol. The highest BCUT2D eigenvalue weighted by Crippen LogP contribution is 2.22. The van der Waals surface area contributed by atoms with Gasteiger partial charge in [-0.05, 0) is 6.92 Å². The average molecular weight is 275 g/mol. The van der Waals surface area contributed by atoms with Crippen LogP contribution in [0.5, 0.6) is 0 Å². The predicted octanol–water partition coefficient (Wildman–Crippen LogP) is -0.571. The maximum atomic E-state index is 12.6. The predicted molar refractivity (Wildman–Crippen MR) is 45.9 cm³/mol. The molecule has 0 spiro atoms. The van der Waals surface area contributed by atoms with Gasteiger partial charge in [-0.3, -0.25) is 0 Å². The van der Waals surface area contributed by atoms with Crippen LogP contribution in [0.25, 0.3) is 0 Å². The number of carbonyl (C=O) groups excluding carboxylic acids is 1.